The number of hydrogen-bond donors (Lipinski definition) is 1. The third-order valence-electron chi connectivity index (χ3n) is 3.25. The predicted molar refractivity (Wildman–Crippen MR) is 90.5 cm³/mol. The Hall–Kier alpha value is -1.67. The highest BCUT2D eigenvalue weighted by molar-refractivity contribution is 7.13. The van der Waals surface area contributed by atoms with Gasteiger partial charge in [0.05, 0.1) is 35.8 Å². The molecule has 0 bridgehead atoms. The molecular formula is C15H16ClN3O3S. The van der Waals surface area contributed by atoms with Crippen LogP contribution in [0.15, 0.2) is 24.4 Å². The van der Waals surface area contributed by atoms with E-state index in [1.165, 1.54) is 17.5 Å². The number of carbonyl (C=O) groups is 1. The maximum atomic E-state index is 12.4. The molecule has 0 atom stereocenters. The van der Waals surface area contributed by atoms with E-state index in [1.807, 2.05) is 25.1 Å². The van der Waals surface area contributed by atoms with Crippen LogP contribution in [0, 0.1) is 0 Å². The zero-order chi connectivity index (χ0) is 16.4. The molecule has 0 radical (unpaired) electrons. The fraction of sp³-hybridized carbons (Fsp3) is 0.333. The van der Waals surface area contributed by atoms with E-state index in [1.54, 1.807) is 12.1 Å². The minimum absolute atomic E-state index is 0.239. The van der Waals surface area contributed by atoms with Crippen molar-refractivity contribution in [1.82, 2.24) is 4.98 Å². The average molecular weight is 354 g/mol. The Bertz CT molecular complexity index is 714. The lowest BCUT2D eigenvalue weighted by Gasteiger charge is -2.19. The molecular weight excluding hydrogens is 338 g/mol. The first kappa shape index (κ1) is 16.2. The molecule has 1 amide bonds. The van der Waals surface area contributed by atoms with Crippen LogP contribution in [0.25, 0.3) is 0 Å². The molecule has 1 N–H and O–H groups in total. The van der Waals surface area contributed by atoms with Crippen molar-refractivity contribution in [2.45, 2.75) is 6.29 Å². The molecule has 2 aromatic rings. The summed E-state index contributed by atoms with van der Waals surface area (Å²) in [6, 6.07) is 5.39. The summed E-state index contributed by atoms with van der Waals surface area (Å²) in [7, 11) is 3.74. The molecule has 6 nitrogen and oxygen atoms in total. The van der Waals surface area contributed by atoms with Gasteiger partial charge in [0.15, 0.2) is 0 Å². The van der Waals surface area contributed by atoms with Crippen molar-refractivity contribution in [2.24, 2.45) is 0 Å². The van der Waals surface area contributed by atoms with Crippen molar-refractivity contribution in [1.29, 1.82) is 0 Å². The molecule has 8 heteroatoms. The van der Waals surface area contributed by atoms with E-state index in [0.29, 0.717) is 33.8 Å². The molecule has 0 saturated carbocycles. The van der Waals surface area contributed by atoms with Gasteiger partial charge in [0.2, 0.25) is 6.29 Å². The number of nitrogens with zero attached hydrogens (tertiary/aromatic N) is 2. The SMILES string of the molecule is CN(C)c1c(Cl)cccc1NC(=O)c1cnc(C2OCCO2)s1. The number of halogens is 1. The van der Waals surface area contributed by atoms with Crippen molar-refractivity contribution in [3.8, 4) is 0 Å². The molecule has 122 valence electrons. The second-order valence-electron chi connectivity index (χ2n) is 5.12. The van der Waals surface area contributed by atoms with Crippen LogP contribution in [0.3, 0.4) is 0 Å². The number of hydrogen-bond acceptors (Lipinski definition) is 6. The molecule has 0 aliphatic carbocycles. The van der Waals surface area contributed by atoms with E-state index in [-0.39, 0.29) is 5.91 Å². The van der Waals surface area contributed by atoms with Gasteiger partial charge in [-0.3, -0.25) is 4.79 Å². The molecule has 0 spiro atoms. The molecule has 3 rings (SSSR count). The minimum atomic E-state index is -0.468. The smallest absolute Gasteiger partial charge is 0.267 e. The van der Waals surface area contributed by atoms with E-state index in [2.05, 4.69) is 10.3 Å². The molecule has 1 fully saturated rings. The van der Waals surface area contributed by atoms with Gasteiger partial charge in [-0.2, -0.15) is 0 Å². The maximum Gasteiger partial charge on any atom is 0.267 e. The van der Waals surface area contributed by atoms with Gasteiger partial charge < -0.3 is 19.7 Å². The van der Waals surface area contributed by atoms with Gasteiger partial charge in [-0.05, 0) is 12.1 Å². The summed E-state index contributed by atoms with van der Waals surface area (Å²) < 4.78 is 10.8. The Morgan fingerprint density at radius 3 is 2.83 bits per heavy atom. The molecule has 1 aromatic carbocycles. The third kappa shape index (κ3) is 3.48. The van der Waals surface area contributed by atoms with Crippen LogP contribution >= 0.6 is 22.9 Å². The summed E-state index contributed by atoms with van der Waals surface area (Å²) in [4.78, 5) is 19.0. The number of thiazole rings is 1. The summed E-state index contributed by atoms with van der Waals surface area (Å²) in [6.07, 6.45) is 1.06. The number of anilines is 2. The van der Waals surface area contributed by atoms with Gasteiger partial charge in [0, 0.05) is 14.1 Å². The lowest BCUT2D eigenvalue weighted by molar-refractivity contribution is -0.0442. The first-order valence-electron chi connectivity index (χ1n) is 7.02. The van der Waals surface area contributed by atoms with Gasteiger partial charge in [-0.25, -0.2) is 4.98 Å². The van der Waals surface area contributed by atoms with Crippen molar-refractivity contribution >= 4 is 40.2 Å². The van der Waals surface area contributed by atoms with E-state index < -0.39 is 6.29 Å². The largest absolute Gasteiger partial charge is 0.375 e. The monoisotopic (exact) mass is 353 g/mol. The minimum Gasteiger partial charge on any atom is -0.375 e. The number of para-hydroxylation sites is 1. The van der Waals surface area contributed by atoms with Crippen LogP contribution in [0.5, 0.6) is 0 Å². The molecule has 1 aromatic heterocycles. The number of benzene rings is 1. The summed E-state index contributed by atoms with van der Waals surface area (Å²) in [5.41, 5.74) is 1.41. The fourth-order valence-corrected chi connectivity index (χ4v) is 3.41. The average Bonchev–Trinajstić information content (AvgIpc) is 3.18. The number of carbonyl (C=O) groups excluding carboxylic acids is 1. The summed E-state index contributed by atoms with van der Waals surface area (Å²) in [5, 5.41) is 4.10. The molecule has 2 heterocycles. The van der Waals surface area contributed by atoms with Crippen LogP contribution in [-0.4, -0.2) is 38.2 Å². The summed E-state index contributed by atoms with van der Waals surface area (Å²) >= 11 is 7.46. The highest BCUT2D eigenvalue weighted by atomic mass is 35.5. The molecule has 1 aliphatic heterocycles. The normalized spacial score (nSPS) is 14.9. The zero-order valence-electron chi connectivity index (χ0n) is 12.7. The Morgan fingerprint density at radius 1 is 1.39 bits per heavy atom. The van der Waals surface area contributed by atoms with Gasteiger partial charge >= 0.3 is 0 Å². The van der Waals surface area contributed by atoms with Crippen molar-refractivity contribution < 1.29 is 14.3 Å². The maximum absolute atomic E-state index is 12.4. The third-order valence-corrected chi connectivity index (χ3v) is 4.58. The Morgan fingerprint density at radius 2 is 2.13 bits per heavy atom. The topological polar surface area (TPSA) is 63.7 Å². The highest BCUT2D eigenvalue weighted by Crippen LogP contribution is 2.33. The number of rotatable bonds is 4. The number of nitrogens with one attached hydrogen (secondary N) is 1. The highest BCUT2D eigenvalue weighted by Gasteiger charge is 2.23. The fourth-order valence-electron chi connectivity index (χ4n) is 2.26. The van der Waals surface area contributed by atoms with Gasteiger partial charge in [-0.1, -0.05) is 17.7 Å². The van der Waals surface area contributed by atoms with Gasteiger partial charge in [0.25, 0.3) is 5.91 Å². The van der Waals surface area contributed by atoms with Crippen LogP contribution in [-0.2, 0) is 9.47 Å². The Balaban J connectivity index is 1.78. The summed E-state index contributed by atoms with van der Waals surface area (Å²) in [6.45, 7) is 1.08. The van der Waals surface area contributed by atoms with E-state index >= 15 is 0 Å². The molecule has 23 heavy (non-hydrogen) atoms. The molecule has 1 aliphatic rings. The lowest BCUT2D eigenvalue weighted by atomic mass is 10.2. The Labute approximate surface area is 143 Å². The quantitative estimate of drug-likeness (QED) is 0.914. The first-order chi connectivity index (χ1) is 11.1. The standard InChI is InChI=1S/C15H16ClN3O3S/c1-19(2)12-9(16)4-3-5-10(12)18-13(20)11-8-17-14(23-11)15-21-6-7-22-15/h3-5,8,15H,6-7H2,1-2H3,(H,18,20). The van der Waals surface area contributed by atoms with Crippen LogP contribution in [0.2, 0.25) is 5.02 Å². The molecule has 0 unspecified atom stereocenters. The van der Waals surface area contributed by atoms with Gasteiger partial charge in [-0.15, -0.1) is 11.3 Å². The second-order valence-corrected chi connectivity index (χ2v) is 6.59. The lowest BCUT2D eigenvalue weighted by Crippen LogP contribution is -2.16. The Kier molecular flexibility index (Phi) is 4.82. The van der Waals surface area contributed by atoms with E-state index in [4.69, 9.17) is 21.1 Å². The number of ether oxygens (including phenoxy) is 2. The van der Waals surface area contributed by atoms with Crippen LogP contribution in [0.1, 0.15) is 21.0 Å². The van der Waals surface area contributed by atoms with Crippen molar-refractivity contribution in [3.63, 3.8) is 0 Å². The van der Waals surface area contributed by atoms with Crippen LogP contribution in [0.4, 0.5) is 11.4 Å². The zero-order valence-corrected chi connectivity index (χ0v) is 14.3. The predicted octanol–water partition coefficient (Wildman–Crippen LogP) is 3.16. The van der Waals surface area contributed by atoms with E-state index in [9.17, 15) is 4.79 Å². The van der Waals surface area contributed by atoms with Crippen molar-refractivity contribution in [2.75, 3.05) is 37.5 Å². The number of amides is 1. The van der Waals surface area contributed by atoms with Crippen LogP contribution < -0.4 is 10.2 Å². The summed E-state index contributed by atoms with van der Waals surface area (Å²) in [5.74, 6) is -0.239. The van der Waals surface area contributed by atoms with Gasteiger partial charge in [0.1, 0.15) is 9.88 Å². The van der Waals surface area contributed by atoms with Crippen molar-refractivity contribution in [3.05, 3.63) is 39.3 Å². The number of aromatic nitrogens is 1. The first-order valence-corrected chi connectivity index (χ1v) is 8.22. The second kappa shape index (κ2) is 6.84. The van der Waals surface area contributed by atoms with E-state index in [0.717, 1.165) is 5.69 Å². The molecule has 1 saturated heterocycles.